The number of halogens is 1. The predicted molar refractivity (Wildman–Crippen MR) is 77.4 cm³/mol. The molecule has 1 unspecified atom stereocenters. The Balaban J connectivity index is 2.32. The van der Waals surface area contributed by atoms with E-state index < -0.39 is 0 Å². The Hall–Kier alpha value is -0.390. The molecule has 94 valence electrons. The lowest BCUT2D eigenvalue weighted by Crippen LogP contribution is -2.19. The summed E-state index contributed by atoms with van der Waals surface area (Å²) in [4.78, 5) is 19.5. The Labute approximate surface area is 116 Å². The third-order valence-corrected chi connectivity index (χ3v) is 4.21. The van der Waals surface area contributed by atoms with E-state index in [-0.39, 0.29) is 5.56 Å². The fourth-order valence-electron chi connectivity index (χ4n) is 2.17. The Morgan fingerprint density at radius 3 is 2.59 bits per heavy atom. The van der Waals surface area contributed by atoms with Crippen LogP contribution in [-0.2, 0) is 0 Å². The SMILES string of the molecule is CC(C)CC(C)c1nc(C2CC2)c(I)c(=O)[nH]1. The molecule has 4 heteroatoms. The molecule has 3 nitrogen and oxygen atoms in total. The van der Waals surface area contributed by atoms with Crippen LogP contribution in [0.2, 0.25) is 0 Å². The molecule has 1 saturated carbocycles. The summed E-state index contributed by atoms with van der Waals surface area (Å²) in [5.41, 5.74) is 1.06. The van der Waals surface area contributed by atoms with Crippen LogP contribution in [0.15, 0.2) is 4.79 Å². The van der Waals surface area contributed by atoms with Crippen LogP contribution in [0.4, 0.5) is 0 Å². The number of H-pyrrole nitrogens is 1. The molecule has 17 heavy (non-hydrogen) atoms. The van der Waals surface area contributed by atoms with E-state index in [0.717, 1.165) is 21.5 Å². The molecular formula is C13H19IN2O. The molecule has 1 aliphatic carbocycles. The van der Waals surface area contributed by atoms with Crippen LogP contribution in [0.1, 0.15) is 63.4 Å². The molecule has 1 atom stereocenters. The van der Waals surface area contributed by atoms with Gasteiger partial charge in [0.1, 0.15) is 5.82 Å². The van der Waals surface area contributed by atoms with Crippen LogP contribution < -0.4 is 5.56 Å². The average molecular weight is 346 g/mol. The van der Waals surface area contributed by atoms with Gasteiger partial charge in [0.15, 0.2) is 0 Å². The molecule has 1 N–H and O–H groups in total. The zero-order chi connectivity index (χ0) is 12.6. The van der Waals surface area contributed by atoms with Crippen molar-refractivity contribution < 1.29 is 0 Å². The minimum Gasteiger partial charge on any atom is -0.309 e. The van der Waals surface area contributed by atoms with Gasteiger partial charge in [0.05, 0.1) is 9.26 Å². The number of nitrogens with one attached hydrogen (secondary N) is 1. The second kappa shape index (κ2) is 5.08. The van der Waals surface area contributed by atoms with E-state index >= 15 is 0 Å². The highest BCUT2D eigenvalue weighted by Crippen LogP contribution is 2.40. The van der Waals surface area contributed by atoms with Gasteiger partial charge in [-0.15, -0.1) is 0 Å². The van der Waals surface area contributed by atoms with Gasteiger partial charge in [0, 0.05) is 11.8 Å². The minimum absolute atomic E-state index is 0.0353. The number of rotatable bonds is 4. The lowest BCUT2D eigenvalue weighted by molar-refractivity contribution is 0.504. The maximum atomic E-state index is 11.9. The molecule has 0 amide bonds. The summed E-state index contributed by atoms with van der Waals surface area (Å²) in [7, 11) is 0. The first-order valence-electron chi connectivity index (χ1n) is 6.28. The first-order chi connectivity index (χ1) is 7.99. The van der Waals surface area contributed by atoms with Crippen molar-refractivity contribution in [1.82, 2.24) is 9.97 Å². The molecule has 0 bridgehead atoms. The van der Waals surface area contributed by atoms with Gasteiger partial charge in [0.25, 0.3) is 5.56 Å². The molecule has 0 aromatic carbocycles. The van der Waals surface area contributed by atoms with Crippen LogP contribution in [-0.4, -0.2) is 9.97 Å². The van der Waals surface area contributed by atoms with Crippen molar-refractivity contribution in [3.63, 3.8) is 0 Å². The first-order valence-corrected chi connectivity index (χ1v) is 7.36. The second-order valence-electron chi connectivity index (χ2n) is 5.46. The maximum absolute atomic E-state index is 11.9. The lowest BCUT2D eigenvalue weighted by Gasteiger charge is -2.14. The van der Waals surface area contributed by atoms with Crippen molar-refractivity contribution in [3.05, 3.63) is 25.4 Å². The normalized spacial score (nSPS) is 17.5. The van der Waals surface area contributed by atoms with E-state index in [2.05, 4.69) is 53.3 Å². The largest absolute Gasteiger partial charge is 0.309 e. The fourth-order valence-corrected chi connectivity index (χ4v) is 2.87. The van der Waals surface area contributed by atoms with Crippen molar-refractivity contribution in [2.24, 2.45) is 5.92 Å². The molecule has 0 aliphatic heterocycles. The van der Waals surface area contributed by atoms with E-state index in [0.29, 0.717) is 17.8 Å². The topological polar surface area (TPSA) is 45.8 Å². The Morgan fingerprint density at radius 1 is 1.41 bits per heavy atom. The van der Waals surface area contributed by atoms with Crippen molar-refractivity contribution >= 4 is 22.6 Å². The van der Waals surface area contributed by atoms with Crippen molar-refractivity contribution in [3.8, 4) is 0 Å². The van der Waals surface area contributed by atoms with Crippen LogP contribution in [0.25, 0.3) is 0 Å². The Morgan fingerprint density at radius 2 is 2.06 bits per heavy atom. The van der Waals surface area contributed by atoms with Crippen LogP contribution in [0.5, 0.6) is 0 Å². The van der Waals surface area contributed by atoms with Gasteiger partial charge in [-0.1, -0.05) is 20.8 Å². The van der Waals surface area contributed by atoms with Crippen LogP contribution in [0.3, 0.4) is 0 Å². The predicted octanol–water partition coefficient (Wildman–Crippen LogP) is 3.40. The zero-order valence-corrected chi connectivity index (χ0v) is 12.7. The van der Waals surface area contributed by atoms with Gasteiger partial charge in [-0.3, -0.25) is 4.79 Å². The molecule has 0 saturated heterocycles. The van der Waals surface area contributed by atoms with Gasteiger partial charge in [-0.05, 0) is 47.8 Å². The monoisotopic (exact) mass is 346 g/mol. The summed E-state index contributed by atoms with van der Waals surface area (Å²) in [5, 5.41) is 0. The van der Waals surface area contributed by atoms with Crippen LogP contribution >= 0.6 is 22.6 Å². The fraction of sp³-hybridized carbons (Fsp3) is 0.692. The van der Waals surface area contributed by atoms with E-state index in [1.807, 2.05) is 0 Å². The zero-order valence-electron chi connectivity index (χ0n) is 10.6. The third kappa shape index (κ3) is 3.09. The molecule has 1 aromatic heterocycles. The van der Waals surface area contributed by atoms with Crippen molar-refractivity contribution in [2.45, 2.75) is 51.9 Å². The van der Waals surface area contributed by atoms with Crippen LogP contribution in [0, 0.1) is 9.49 Å². The standard InChI is InChI=1S/C13H19IN2O/c1-7(2)6-8(3)12-15-11(9-4-5-9)10(14)13(17)16-12/h7-9H,4-6H2,1-3H3,(H,15,16,17). The second-order valence-corrected chi connectivity index (χ2v) is 6.53. The highest BCUT2D eigenvalue weighted by molar-refractivity contribution is 14.1. The highest BCUT2D eigenvalue weighted by atomic mass is 127. The van der Waals surface area contributed by atoms with Gasteiger partial charge >= 0.3 is 0 Å². The molecular weight excluding hydrogens is 327 g/mol. The van der Waals surface area contributed by atoms with Crippen molar-refractivity contribution in [1.29, 1.82) is 0 Å². The molecule has 1 heterocycles. The number of nitrogens with zero attached hydrogens (tertiary/aromatic N) is 1. The molecule has 1 aliphatic rings. The first kappa shape index (κ1) is 13.1. The Bertz CT molecular complexity index is 463. The number of hydrogen-bond donors (Lipinski definition) is 1. The number of aromatic amines is 1. The summed E-state index contributed by atoms with van der Waals surface area (Å²) < 4.78 is 0.783. The van der Waals surface area contributed by atoms with E-state index in [1.54, 1.807) is 0 Å². The summed E-state index contributed by atoms with van der Waals surface area (Å²) >= 11 is 2.12. The van der Waals surface area contributed by atoms with Gasteiger partial charge in [-0.2, -0.15) is 0 Å². The molecule has 1 fully saturated rings. The summed E-state index contributed by atoms with van der Waals surface area (Å²) in [5.74, 6) is 2.36. The minimum atomic E-state index is 0.0353. The highest BCUT2D eigenvalue weighted by Gasteiger charge is 2.29. The summed E-state index contributed by atoms with van der Waals surface area (Å²) in [6, 6.07) is 0. The number of aromatic nitrogens is 2. The van der Waals surface area contributed by atoms with Gasteiger partial charge < -0.3 is 4.98 Å². The summed E-state index contributed by atoms with van der Waals surface area (Å²) in [6.07, 6.45) is 3.43. The van der Waals surface area contributed by atoms with E-state index in [1.165, 1.54) is 12.8 Å². The van der Waals surface area contributed by atoms with Crippen molar-refractivity contribution in [2.75, 3.05) is 0 Å². The summed E-state index contributed by atoms with van der Waals surface area (Å²) in [6.45, 7) is 6.54. The molecule has 0 radical (unpaired) electrons. The third-order valence-electron chi connectivity index (χ3n) is 3.16. The smallest absolute Gasteiger partial charge is 0.264 e. The van der Waals surface area contributed by atoms with Gasteiger partial charge in [-0.25, -0.2) is 4.98 Å². The van der Waals surface area contributed by atoms with Gasteiger partial charge in [0.2, 0.25) is 0 Å². The quantitative estimate of drug-likeness (QED) is 0.850. The maximum Gasteiger partial charge on any atom is 0.264 e. The Kier molecular flexibility index (Phi) is 3.90. The molecule has 0 spiro atoms. The number of hydrogen-bond acceptors (Lipinski definition) is 2. The molecule has 1 aromatic rings. The lowest BCUT2D eigenvalue weighted by atomic mass is 9.98. The average Bonchev–Trinajstić information content (AvgIpc) is 3.04. The molecule has 2 rings (SSSR count). The van der Waals surface area contributed by atoms with E-state index in [9.17, 15) is 4.79 Å². The van der Waals surface area contributed by atoms with E-state index in [4.69, 9.17) is 0 Å².